The summed E-state index contributed by atoms with van der Waals surface area (Å²) in [5.41, 5.74) is 12.1. The van der Waals surface area contributed by atoms with Crippen LogP contribution < -0.4 is 0 Å². The Kier molecular flexibility index (Phi) is 7.03. The highest BCUT2D eigenvalue weighted by atomic mass is 32.2. The van der Waals surface area contributed by atoms with E-state index in [4.69, 9.17) is 19.6 Å². The molecule has 3 aromatic heterocycles. The molecule has 0 aliphatic carbocycles. The third kappa shape index (κ3) is 4.73. The van der Waals surface area contributed by atoms with Gasteiger partial charge in [-0.2, -0.15) is 0 Å². The van der Waals surface area contributed by atoms with Gasteiger partial charge in [-0.3, -0.25) is 4.57 Å². The lowest BCUT2D eigenvalue weighted by atomic mass is 9.90. The molecule has 0 atom stereocenters. The number of benzene rings is 3. The van der Waals surface area contributed by atoms with Crippen LogP contribution in [0.5, 0.6) is 0 Å². The van der Waals surface area contributed by atoms with Gasteiger partial charge in [0.15, 0.2) is 11.0 Å². The topological polar surface area (TPSA) is 56.7 Å². The van der Waals surface area contributed by atoms with Crippen molar-refractivity contribution in [3.8, 4) is 22.6 Å². The lowest BCUT2D eigenvalue weighted by Gasteiger charge is -2.18. The molecule has 6 heteroatoms. The van der Waals surface area contributed by atoms with Crippen LogP contribution in [0, 0.1) is 34.6 Å². The first-order chi connectivity index (χ1) is 19.4. The van der Waals surface area contributed by atoms with E-state index in [9.17, 15) is 0 Å². The maximum atomic E-state index is 5.78. The number of hydrogen-bond donors (Lipinski definition) is 0. The monoisotopic (exact) mass is 544 g/mol. The summed E-state index contributed by atoms with van der Waals surface area (Å²) in [6.45, 7) is 11.7. The zero-order valence-electron chi connectivity index (χ0n) is 23.5. The van der Waals surface area contributed by atoms with Crippen molar-refractivity contribution in [2.24, 2.45) is 0 Å². The summed E-state index contributed by atoms with van der Waals surface area (Å²) in [6.07, 6.45) is 1.71. The predicted octanol–water partition coefficient (Wildman–Crippen LogP) is 8.64. The molecule has 3 aromatic carbocycles. The first kappa shape index (κ1) is 26.1. The first-order valence-corrected chi connectivity index (χ1v) is 14.5. The molecule has 0 aliphatic heterocycles. The summed E-state index contributed by atoms with van der Waals surface area (Å²) in [6, 6.07) is 24.6. The van der Waals surface area contributed by atoms with Crippen LogP contribution in [0.1, 0.15) is 39.1 Å². The molecule has 200 valence electrons. The van der Waals surface area contributed by atoms with Crippen LogP contribution in [0.2, 0.25) is 0 Å². The van der Waals surface area contributed by atoms with Crippen molar-refractivity contribution in [1.29, 1.82) is 0 Å². The minimum Gasteiger partial charge on any atom is -0.467 e. The molecule has 40 heavy (non-hydrogen) atoms. The Morgan fingerprint density at radius 2 is 1.45 bits per heavy atom. The van der Waals surface area contributed by atoms with Crippen molar-refractivity contribution >= 4 is 22.7 Å². The van der Waals surface area contributed by atoms with Crippen molar-refractivity contribution in [3.05, 3.63) is 118 Å². The number of para-hydroxylation sites is 1. The van der Waals surface area contributed by atoms with E-state index in [1.54, 1.807) is 18.0 Å². The number of aromatic nitrogens is 4. The Labute approximate surface area is 239 Å². The lowest BCUT2D eigenvalue weighted by Crippen LogP contribution is -2.05. The lowest BCUT2D eigenvalue weighted by molar-refractivity contribution is 0.485. The van der Waals surface area contributed by atoms with Crippen LogP contribution in [0.15, 0.2) is 88.6 Å². The standard InChI is InChI=1S/C34H32N4OS/c1-21-22(2)24(4)30(25(5)23(21)3)20-40-34-37-36-33(38(34)19-27-14-11-17-39-27)29-18-32(26-12-7-6-8-13-26)35-31-16-10-9-15-28(29)31/h6-18H,19-20H2,1-5H3. The van der Waals surface area contributed by atoms with Crippen LogP contribution in [0.25, 0.3) is 33.5 Å². The molecule has 0 amide bonds. The van der Waals surface area contributed by atoms with Gasteiger partial charge in [0.2, 0.25) is 0 Å². The van der Waals surface area contributed by atoms with Gasteiger partial charge in [-0.15, -0.1) is 10.2 Å². The van der Waals surface area contributed by atoms with Gasteiger partial charge in [-0.05, 0) is 92.3 Å². The fraction of sp³-hybridized carbons (Fsp3) is 0.206. The van der Waals surface area contributed by atoms with Crippen LogP contribution in [-0.2, 0) is 12.3 Å². The molecule has 0 saturated carbocycles. The van der Waals surface area contributed by atoms with Gasteiger partial charge in [0, 0.05) is 22.3 Å². The van der Waals surface area contributed by atoms with Gasteiger partial charge in [0.05, 0.1) is 24.0 Å². The molecule has 0 fully saturated rings. The molecular formula is C34H32N4OS. The second-order valence-electron chi connectivity index (χ2n) is 10.3. The normalized spacial score (nSPS) is 11.4. The van der Waals surface area contributed by atoms with Crippen molar-refractivity contribution in [2.75, 3.05) is 0 Å². The Hall–Kier alpha value is -4.16. The Morgan fingerprint density at radius 3 is 2.17 bits per heavy atom. The Balaban J connectivity index is 1.47. The van der Waals surface area contributed by atoms with Crippen molar-refractivity contribution in [1.82, 2.24) is 19.7 Å². The van der Waals surface area contributed by atoms with E-state index in [1.807, 2.05) is 42.5 Å². The number of thioether (sulfide) groups is 1. The molecule has 6 aromatic rings. The van der Waals surface area contributed by atoms with Crippen LogP contribution in [-0.4, -0.2) is 19.7 Å². The molecule has 0 radical (unpaired) electrons. The van der Waals surface area contributed by atoms with Gasteiger partial charge >= 0.3 is 0 Å². The highest BCUT2D eigenvalue weighted by molar-refractivity contribution is 7.98. The van der Waals surface area contributed by atoms with Gasteiger partial charge in [-0.1, -0.05) is 60.3 Å². The number of fused-ring (bicyclic) bond motifs is 1. The fourth-order valence-electron chi connectivity index (χ4n) is 5.34. The minimum atomic E-state index is 0.541. The average molecular weight is 545 g/mol. The smallest absolute Gasteiger partial charge is 0.192 e. The molecule has 0 spiro atoms. The highest BCUT2D eigenvalue weighted by Crippen LogP contribution is 2.36. The van der Waals surface area contributed by atoms with Gasteiger partial charge < -0.3 is 4.42 Å². The molecular weight excluding hydrogens is 512 g/mol. The summed E-state index contributed by atoms with van der Waals surface area (Å²) in [5.74, 6) is 2.49. The van der Waals surface area contributed by atoms with Gasteiger partial charge in [0.1, 0.15) is 5.76 Å². The largest absolute Gasteiger partial charge is 0.467 e. The SMILES string of the molecule is Cc1c(C)c(C)c(CSc2nnc(-c3cc(-c4ccccc4)nc4ccccc34)n2Cc2ccco2)c(C)c1C. The maximum absolute atomic E-state index is 5.78. The maximum Gasteiger partial charge on any atom is 0.192 e. The average Bonchev–Trinajstić information content (AvgIpc) is 3.65. The molecule has 6 rings (SSSR count). The summed E-state index contributed by atoms with van der Waals surface area (Å²) in [5, 5.41) is 11.4. The third-order valence-corrected chi connectivity index (χ3v) is 9.13. The van der Waals surface area contributed by atoms with Crippen LogP contribution >= 0.6 is 11.8 Å². The number of nitrogens with zero attached hydrogens (tertiary/aromatic N) is 4. The number of rotatable bonds is 7. The van der Waals surface area contributed by atoms with E-state index in [-0.39, 0.29) is 0 Å². The van der Waals surface area contributed by atoms with Crippen molar-refractivity contribution in [3.63, 3.8) is 0 Å². The second kappa shape index (κ2) is 10.8. The van der Waals surface area contributed by atoms with Gasteiger partial charge in [-0.25, -0.2) is 4.98 Å². The molecule has 0 N–H and O–H groups in total. The van der Waals surface area contributed by atoms with E-state index in [1.165, 1.54) is 33.4 Å². The second-order valence-corrected chi connectivity index (χ2v) is 11.2. The summed E-state index contributed by atoms with van der Waals surface area (Å²) in [4.78, 5) is 4.98. The molecule has 5 nitrogen and oxygen atoms in total. The van der Waals surface area contributed by atoms with E-state index >= 15 is 0 Å². The molecule has 0 saturated heterocycles. The minimum absolute atomic E-state index is 0.541. The number of hydrogen-bond acceptors (Lipinski definition) is 5. The molecule has 0 aliphatic rings. The molecule has 3 heterocycles. The zero-order chi connectivity index (χ0) is 27.8. The first-order valence-electron chi connectivity index (χ1n) is 13.5. The van der Waals surface area contributed by atoms with Crippen molar-refractivity contribution in [2.45, 2.75) is 52.1 Å². The van der Waals surface area contributed by atoms with E-state index in [0.29, 0.717) is 6.54 Å². The Morgan fingerprint density at radius 1 is 0.750 bits per heavy atom. The quantitative estimate of drug-likeness (QED) is 0.188. The summed E-state index contributed by atoms with van der Waals surface area (Å²) in [7, 11) is 0. The fourth-order valence-corrected chi connectivity index (χ4v) is 6.46. The highest BCUT2D eigenvalue weighted by Gasteiger charge is 2.21. The third-order valence-electron chi connectivity index (χ3n) is 8.14. The Bertz CT molecular complexity index is 1790. The predicted molar refractivity (Wildman–Crippen MR) is 164 cm³/mol. The molecule has 0 unspecified atom stereocenters. The van der Waals surface area contributed by atoms with Crippen molar-refractivity contribution < 1.29 is 4.42 Å². The van der Waals surface area contributed by atoms with Crippen LogP contribution in [0.4, 0.5) is 0 Å². The number of furan rings is 1. The van der Waals surface area contributed by atoms with Crippen LogP contribution in [0.3, 0.4) is 0 Å². The zero-order valence-corrected chi connectivity index (χ0v) is 24.3. The van der Waals surface area contributed by atoms with Gasteiger partial charge in [0.25, 0.3) is 0 Å². The van der Waals surface area contributed by atoms with E-state index in [0.717, 1.165) is 50.2 Å². The number of pyridine rings is 1. The molecule has 0 bridgehead atoms. The summed E-state index contributed by atoms with van der Waals surface area (Å²) >= 11 is 1.73. The summed E-state index contributed by atoms with van der Waals surface area (Å²) < 4.78 is 7.96. The van der Waals surface area contributed by atoms with E-state index in [2.05, 4.69) is 69.5 Å². The van der Waals surface area contributed by atoms with E-state index < -0.39 is 0 Å².